The summed E-state index contributed by atoms with van der Waals surface area (Å²) in [4.78, 5) is 40.8. The van der Waals surface area contributed by atoms with Crippen molar-refractivity contribution in [1.29, 1.82) is 5.26 Å². The van der Waals surface area contributed by atoms with Crippen LogP contribution in [0.15, 0.2) is 18.2 Å². The van der Waals surface area contributed by atoms with Gasteiger partial charge in [-0.25, -0.2) is 0 Å². The van der Waals surface area contributed by atoms with Gasteiger partial charge in [-0.1, -0.05) is 6.92 Å². The maximum absolute atomic E-state index is 13.0. The SMILES string of the molecule is CCN(CC1CC(C)(C#N)C1)C1CCC[C@@H]1Oc1ccc2c(c1)CN(C1CCC(=O)NC1=O)C2=O. The Hall–Kier alpha value is -2.92. The number of nitrogens with zero attached hydrogens (tertiary/aromatic N) is 3. The smallest absolute Gasteiger partial charge is 0.255 e. The molecule has 3 fully saturated rings. The van der Waals surface area contributed by atoms with Gasteiger partial charge in [0.2, 0.25) is 11.8 Å². The van der Waals surface area contributed by atoms with Crippen LogP contribution >= 0.6 is 0 Å². The van der Waals surface area contributed by atoms with Crippen molar-refractivity contribution in [2.24, 2.45) is 11.3 Å². The summed E-state index contributed by atoms with van der Waals surface area (Å²) in [6.07, 6.45) is 5.88. The highest BCUT2D eigenvalue weighted by molar-refractivity contribution is 6.05. The van der Waals surface area contributed by atoms with E-state index in [0.717, 1.165) is 56.5 Å². The van der Waals surface area contributed by atoms with Crippen LogP contribution in [0.5, 0.6) is 5.75 Å². The van der Waals surface area contributed by atoms with Crippen molar-refractivity contribution in [3.05, 3.63) is 29.3 Å². The Bertz CT molecular complexity index is 1070. The monoisotopic (exact) mass is 478 g/mol. The van der Waals surface area contributed by atoms with E-state index in [2.05, 4.69) is 30.1 Å². The van der Waals surface area contributed by atoms with E-state index >= 15 is 0 Å². The minimum absolute atomic E-state index is 0.0961. The average Bonchev–Trinajstić information content (AvgIpc) is 3.40. The summed E-state index contributed by atoms with van der Waals surface area (Å²) in [5.41, 5.74) is 1.31. The third-order valence-electron chi connectivity index (χ3n) is 8.32. The Morgan fingerprint density at radius 2 is 2.03 bits per heavy atom. The first-order chi connectivity index (χ1) is 16.8. The first-order valence-electron chi connectivity index (χ1n) is 12.9. The van der Waals surface area contributed by atoms with Crippen molar-refractivity contribution in [2.45, 2.75) is 83.5 Å². The van der Waals surface area contributed by atoms with Gasteiger partial charge in [0.05, 0.1) is 11.5 Å². The van der Waals surface area contributed by atoms with Crippen molar-refractivity contribution >= 4 is 17.7 Å². The second-order valence-electron chi connectivity index (χ2n) is 10.9. The van der Waals surface area contributed by atoms with E-state index in [1.165, 1.54) is 0 Å². The number of ether oxygens (including phenoxy) is 1. The largest absolute Gasteiger partial charge is 0.489 e. The fourth-order valence-electron chi connectivity index (χ4n) is 6.53. The number of imide groups is 1. The molecule has 0 bridgehead atoms. The normalized spacial score (nSPS) is 32.3. The van der Waals surface area contributed by atoms with Crippen molar-refractivity contribution in [2.75, 3.05) is 13.1 Å². The van der Waals surface area contributed by atoms with Crippen molar-refractivity contribution in [3.8, 4) is 11.8 Å². The predicted molar refractivity (Wildman–Crippen MR) is 128 cm³/mol. The molecule has 0 aromatic heterocycles. The van der Waals surface area contributed by atoms with Gasteiger partial charge in [0.15, 0.2) is 0 Å². The zero-order valence-electron chi connectivity index (χ0n) is 20.6. The van der Waals surface area contributed by atoms with Crippen LogP contribution in [-0.4, -0.2) is 58.8 Å². The van der Waals surface area contributed by atoms with Gasteiger partial charge in [0.25, 0.3) is 5.91 Å². The van der Waals surface area contributed by atoms with Gasteiger partial charge in [-0.15, -0.1) is 0 Å². The molecule has 1 N–H and O–H groups in total. The van der Waals surface area contributed by atoms with Crippen LogP contribution in [0.2, 0.25) is 0 Å². The molecule has 2 unspecified atom stereocenters. The third kappa shape index (κ3) is 4.54. The number of amides is 3. The first kappa shape index (κ1) is 23.8. The zero-order valence-corrected chi connectivity index (χ0v) is 20.6. The minimum Gasteiger partial charge on any atom is -0.489 e. The van der Waals surface area contributed by atoms with Crippen LogP contribution in [0.4, 0.5) is 0 Å². The number of hydrogen-bond acceptors (Lipinski definition) is 6. The highest BCUT2D eigenvalue weighted by Crippen LogP contribution is 2.45. The molecule has 2 saturated carbocycles. The van der Waals surface area contributed by atoms with Gasteiger partial charge < -0.3 is 9.64 Å². The Balaban J connectivity index is 1.23. The van der Waals surface area contributed by atoms with Crippen LogP contribution in [0.1, 0.15) is 74.7 Å². The Kier molecular flexibility index (Phi) is 6.30. The summed E-state index contributed by atoms with van der Waals surface area (Å²) >= 11 is 0. The lowest BCUT2D eigenvalue weighted by Gasteiger charge is -2.44. The molecule has 186 valence electrons. The van der Waals surface area contributed by atoms with E-state index in [1.54, 1.807) is 11.0 Å². The molecule has 0 spiro atoms. The number of rotatable bonds is 7. The molecule has 35 heavy (non-hydrogen) atoms. The lowest BCUT2D eigenvalue weighted by molar-refractivity contribution is -0.136. The van der Waals surface area contributed by atoms with Crippen LogP contribution in [0.25, 0.3) is 0 Å². The summed E-state index contributed by atoms with van der Waals surface area (Å²) in [6.45, 7) is 6.58. The molecule has 1 saturated heterocycles. The number of nitriles is 1. The van der Waals surface area contributed by atoms with Gasteiger partial charge >= 0.3 is 0 Å². The Morgan fingerprint density at radius 3 is 2.74 bits per heavy atom. The summed E-state index contributed by atoms with van der Waals surface area (Å²) in [5.74, 6) is 0.492. The molecule has 3 amide bonds. The molecule has 4 aliphatic rings. The number of likely N-dealkylation sites (N-methyl/N-ethyl adjacent to an activating group) is 1. The Labute approximate surface area is 206 Å². The molecular weight excluding hydrogens is 444 g/mol. The molecule has 2 aliphatic carbocycles. The maximum atomic E-state index is 13.0. The van der Waals surface area contributed by atoms with E-state index in [4.69, 9.17) is 4.74 Å². The fraction of sp³-hybridized carbons (Fsp3) is 0.630. The van der Waals surface area contributed by atoms with E-state index in [1.807, 2.05) is 12.1 Å². The number of piperidine rings is 1. The molecule has 1 aromatic carbocycles. The van der Waals surface area contributed by atoms with Crippen LogP contribution in [0, 0.1) is 22.7 Å². The molecule has 2 aliphatic heterocycles. The number of carbonyl (C=O) groups excluding carboxylic acids is 3. The van der Waals surface area contributed by atoms with E-state index < -0.39 is 11.9 Å². The highest BCUT2D eigenvalue weighted by atomic mass is 16.5. The number of fused-ring (bicyclic) bond motifs is 1. The number of benzene rings is 1. The quantitative estimate of drug-likeness (QED) is 0.605. The molecule has 2 heterocycles. The predicted octanol–water partition coefficient (Wildman–Crippen LogP) is 3.01. The summed E-state index contributed by atoms with van der Waals surface area (Å²) in [6, 6.07) is 7.80. The molecule has 5 rings (SSSR count). The van der Waals surface area contributed by atoms with Gasteiger partial charge in [-0.2, -0.15) is 5.26 Å². The van der Waals surface area contributed by atoms with Gasteiger partial charge in [-0.3, -0.25) is 24.6 Å². The van der Waals surface area contributed by atoms with E-state index in [9.17, 15) is 19.6 Å². The van der Waals surface area contributed by atoms with E-state index in [0.29, 0.717) is 30.5 Å². The van der Waals surface area contributed by atoms with Crippen LogP contribution in [-0.2, 0) is 16.1 Å². The topological polar surface area (TPSA) is 103 Å². The van der Waals surface area contributed by atoms with Gasteiger partial charge in [0.1, 0.15) is 17.9 Å². The molecule has 1 aromatic rings. The lowest BCUT2D eigenvalue weighted by atomic mass is 9.64. The lowest BCUT2D eigenvalue weighted by Crippen LogP contribution is -2.52. The van der Waals surface area contributed by atoms with Crippen LogP contribution in [0.3, 0.4) is 0 Å². The summed E-state index contributed by atoms with van der Waals surface area (Å²) < 4.78 is 6.49. The number of nitrogens with one attached hydrogen (secondary N) is 1. The maximum Gasteiger partial charge on any atom is 0.255 e. The van der Waals surface area contributed by atoms with Crippen LogP contribution < -0.4 is 10.1 Å². The first-order valence-corrected chi connectivity index (χ1v) is 12.9. The summed E-state index contributed by atoms with van der Waals surface area (Å²) in [7, 11) is 0. The average molecular weight is 479 g/mol. The van der Waals surface area contributed by atoms with Crippen molar-refractivity contribution in [1.82, 2.24) is 15.1 Å². The molecule has 0 radical (unpaired) electrons. The fourth-order valence-corrected chi connectivity index (χ4v) is 6.53. The summed E-state index contributed by atoms with van der Waals surface area (Å²) in [5, 5.41) is 11.7. The molecule has 8 heteroatoms. The number of hydrogen-bond donors (Lipinski definition) is 1. The minimum atomic E-state index is -0.608. The number of carbonyl (C=O) groups is 3. The molecular formula is C27H34N4O4. The third-order valence-corrected chi connectivity index (χ3v) is 8.32. The second kappa shape index (κ2) is 9.27. The standard InChI is InChI=1S/C27H34N4O4/c1-3-30(14-17-12-27(2,13-17)16-28)21-5-4-6-23(21)35-19-7-8-20-18(11-19)15-31(26(20)34)22-9-10-24(32)29-25(22)33/h7-8,11,17,21-23H,3-6,9-10,12-15H2,1-2H3,(H,29,32,33)/t17?,21?,22?,23-,27?/m0/s1. The van der Waals surface area contributed by atoms with Gasteiger partial charge in [0, 0.05) is 31.1 Å². The van der Waals surface area contributed by atoms with Gasteiger partial charge in [-0.05, 0) is 81.7 Å². The molecule has 8 nitrogen and oxygen atoms in total. The molecule has 3 atom stereocenters. The Morgan fingerprint density at radius 1 is 1.23 bits per heavy atom. The zero-order chi connectivity index (χ0) is 24.7. The second-order valence-corrected chi connectivity index (χ2v) is 10.9. The van der Waals surface area contributed by atoms with E-state index in [-0.39, 0.29) is 29.8 Å². The van der Waals surface area contributed by atoms with Crippen molar-refractivity contribution < 1.29 is 19.1 Å². The highest BCUT2D eigenvalue weighted by Gasteiger charge is 2.43. The van der Waals surface area contributed by atoms with Crippen molar-refractivity contribution in [3.63, 3.8) is 0 Å².